The van der Waals surface area contributed by atoms with E-state index in [1.54, 1.807) is 10.4 Å². The van der Waals surface area contributed by atoms with E-state index in [1.165, 1.54) is 17.5 Å². The summed E-state index contributed by atoms with van der Waals surface area (Å²) in [4.78, 5) is 13.1. The molecule has 30 heavy (non-hydrogen) atoms. The number of rotatable bonds is 4. The summed E-state index contributed by atoms with van der Waals surface area (Å²) in [5.41, 5.74) is 5.49. The first-order chi connectivity index (χ1) is 14.4. The molecule has 6 heteroatoms. The summed E-state index contributed by atoms with van der Waals surface area (Å²) in [5.74, 6) is -0.186. The summed E-state index contributed by atoms with van der Waals surface area (Å²) in [6.07, 6.45) is 5.38. The monoisotopic (exact) mass is 426 g/mol. The Morgan fingerprint density at radius 3 is 2.43 bits per heavy atom. The van der Waals surface area contributed by atoms with Crippen molar-refractivity contribution in [3.63, 3.8) is 0 Å². The molecule has 2 aliphatic rings. The molecule has 1 aliphatic heterocycles. The van der Waals surface area contributed by atoms with Crippen LogP contribution in [0.2, 0.25) is 0 Å². The number of hydrogen-bond acceptors (Lipinski definition) is 3. The molecule has 0 atom stereocenters. The van der Waals surface area contributed by atoms with Crippen LogP contribution >= 0.6 is 0 Å². The SMILES string of the molecule is Cc1cccc(NC(=O)C2CCN(S(=O)(=O)c3ccc4c(c3)CCCC4)CC2)c1C. The lowest BCUT2D eigenvalue weighted by atomic mass is 9.92. The van der Waals surface area contributed by atoms with Crippen molar-refractivity contribution in [3.8, 4) is 0 Å². The van der Waals surface area contributed by atoms with Crippen molar-refractivity contribution in [2.45, 2.75) is 57.3 Å². The molecule has 160 valence electrons. The Balaban J connectivity index is 1.41. The molecule has 1 saturated heterocycles. The second-order valence-electron chi connectivity index (χ2n) is 8.55. The van der Waals surface area contributed by atoms with Crippen molar-refractivity contribution in [1.82, 2.24) is 4.31 Å². The van der Waals surface area contributed by atoms with E-state index < -0.39 is 10.0 Å². The molecule has 2 aromatic carbocycles. The van der Waals surface area contributed by atoms with Gasteiger partial charge in [-0.25, -0.2) is 8.42 Å². The van der Waals surface area contributed by atoms with Gasteiger partial charge in [0.1, 0.15) is 0 Å². The first kappa shape index (κ1) is 21.1. The highest BCUT2D eigenvalue weighted by Crippen LogP contribution is 2.29. The molecule has 2 aromatic rings. The lowest BCUT2D eigenvalue weighted by molar-refractivity contribution is -0.120. The van der Waals surface area contributed by atoms with Gasteiger partial charge in [-0.2, -0.15) is 4.31 Å². The largest absolute Gasteiger partial charge is 0.326 e. The number of sulfonamides is 1. The lowest BCUT2D eigenvalue weighted by Gasteiger charge is -2.31. The van der Waals surface area contributed by atoms with Gasteiger partial charge in [0.2, 0.25) is 15.9 Å². The van der Waals surface area contributed by atoms with Crippen LogP contribution in [-0.4, -0.2) is 31.7 Å². The van der Waals surface area contributed by atoms with Gasteiger partial charge < -0.3 is 5.32 Å². The molecule has 0 spiro atoms. The highest BCUT2D eigenvalue weighted by molar-refractivity contribution is 7.89. The van der Waals surface area contributed by atoms with Crippen molar-refractivity contribution in [2.75, 3.05) is 18.4 Å². The molecule has 5 nitrogen and oxygen atoms in total. The van der Waals surface area contributed by atoms with Crippen LogP contribution in [-0.2, 0) is 27.7 Å². The minimum Gasteiger partial charge on any atom is -0.326 e. The van der Waals surface area contributed by atoms with Gasteiger partial charge in [0.15, 0.2) is 0 Å². The van der Waals surface area contributed by atoms with Gasteiger partial charge >= 0.3 is 0 Å². The molecular weight excluding hydrogens is 396 g/mol. The zero-order valence-corrected chi connectivity index (χ0v) is 18.6. The van der Waals surface area contributed by atoms with Crippen molar-refractivity contribution in [1.29, 1.82) is 0 Å². The van der Waals surface area contributed by atoms with E-state index in [-0.39, 0.29) is 11.8 Å². The van der Waals surface area contributed by atoms with Gasteiger partial charge in [0.25, 0.3) is 0 Å². The maximum absolute atomic E-state index is 13.1. The molecule has 1 fully saturated rings. The van der Waals surface area contributed by atoms with Crippen LogP contribution in [0.1, 0.15) is 47.9 Å². The second-order valence-corrected chi connectivity index (χ2v) is 10.5. The zero-order valence-electron chi connectivity index (χ0n) is 17.8. The summed E-state index contributed by atoms with van der Waals surface area (Å²) >= 11 is 0. The summed E-state index contributed by atoms with van der Waals surface area (Å²) in [7, 11) is -3.51. The molecule has 0 unspecified atom stereocenters. The number of carbonyl (C=O) groups excluding carboxylic acids is 1. The van der Waals surface area contributed by atoms with Crippen LogP contribution in [0, 0.1) is 19.8 Å². The zero-order chi connectivity index (χ0) is 21.3. The Kier molecular flexibility index (Phi) is 5.98. The molecule has 1 amide bonds. The van der Waals surface area contributed by atoms with Crippen LogP contribution in [0.15, 0.2) is 41.3 Å². The fourth-order valence-electron chi connectivity index (χ4n) is 4.50. The van der Waals surface area contributed by atoms with Gasteiger partial charge in [0.05, 0.1) is 4.90 Å². The third kappa shape index (κ3) is 4.16. The van der Waals surface area contributed by atoms with Crippen LogP contribution < -0.4 is 5.32 Å². The first-order valence-electron chi connectivity index (χ1n) is 10.9. The van der Waals surface area contributed by atoms with Crippen molar-refractivity contribution >= 4 is 21.6 Å². The molecule has 0 bridgehead atoms. The summed E-state index contributed by atoms with van der Waals surface area (Å²) in [6.45, 7) is 4.78. The highest BCUT2D eigenvalue weighted by atomic mass is 32.2. The van der Waals surface area contributed by atoms with Crippen LogP contribution in [0.5, 0.6) is 0 Å². The third-order valence-electron chi connectivity index (χ3n) is 6.64. The van der Waals surface area contributed by atoms with E-state index in [0.717, 1.165) is 36.1 Å². The number of hydrogen-bond donors (Lipinski definition) is 1. The molecular formula is C24H30N2O3S. The highest BCUT2D eigenvalue weighted by Gasteiger charge is 2.32. The number of nitrogens with one attached hydrogen (secondary N) is 1. The lowest BCUT2D eigenvalue weighted by Crippen LogP contribution is -2.41. The first-order valence-corrected chi connectivity index (χ1v) is 12.3. The quantitative estimate of drug-likeness (QED) is 0.796. The standard InChI is InChI=1S/C24H30N2O3S/c1-17-6-5-9-23(18(17)2)25-24(27)20-12-14-26(15-13-20)30(28,29)22-11-10-19-7-3-4-8-21(19)16-22/h5-6,9-11,16,20H,3-4,7-8,12-15H2,1-2H3,(H,25,27). The topological polar surface area (TPSA) is 66.5 Å². The number of carbonyl (C=O) groups is 1. The van der Waals surface area contributed by atoms with Crippen molar-refractivity contribution < 1.29 is 13.2 Å². The van der Waals surface area contributed by atoms with E-state index in [9.17, 15) is 13.2 Å². The van der Waals surface area contributed by atoms with E-state index in [1.807, 2.05) is 44.2 Å². The predicted octanol–water partition coefficient (Wildman–Crippen LogP) is 4.22. The predicted molar refractivity (Wildman–Crippen MR) is 119 cm³/mol. The number of nitrogens with zero attached hydrogens (tertiary/aromatic N) is 1. The number of fused-ring (bicyclic) bond motifs is 1. The second kappa shape index (κ2) is 8.52. The number of aryl methyl sites for hydroxylation is 3. The smallest absolute Gasteiger partial charge is 0.243 e. The molecule has 1 heterocycles. The Labute approximate surface area is 179 Å². The van der Waals surface area contributed by atoms with E-state index in [0.29, 0.717) is 30.8 Å². The van der Waals surface area contributed by atoms with Gasteiger partial charge in [-0.15, -0.1) is 0 Å². The molecule has 0 radical (unpaired) electrons. The van der Waals surface area contributed by atoms with Crippen LogP contribution in [0.4, 0.5) is 5.69 Å². The molecule has 4 rings (SSSR count). The number of anilines is 1. The van der Waals surface area contributed by atoms with Crippen molar-refractivity contribution in [2.24, 2.45) is 5.92 Å². The Hall–Kier alpha value is -2.18. The average Bonchev–Trinajstić information content (AvgIpc) is 2.76. The summed E-state index contributed by atoms with van der Waals surface area (Å²) in [5, 5.41) is 3.03. The number of amides is 1. The number of benzene rings is 2. The molecule has 0 saturated carbocycles. The average molecular weight is 427 g/mol. The van der Waals surface area contributed by atoms with E-state index in [2.05, 4.69) is 5.32 Å². The number of piperidine rings is 1. The Morgan fingerprint density at radius 1 is 1.00 bits per heavy atom. The minimum absolute atomic E-state index is 0.0190. The van der Waals surface area contributed by atoms with Crippen molar-refractivity contribution in [3.05, 3.63) is 58.7 Å². The fraction of sp³-hybridized carbons (Fsp3) is 0.458. The summed E-state index contributed by atoms with van der Waals surface area (Å²) in [6, 6.07) is 11.5. The van der Waals surface area contributed by atoms with Gasteiger partial charge in [-0.05, 0) is 92.8 Å². The van der Waals surface area contributed by atoms with Gasteiger partial charge in [0, 0.05) is 24.7 Å². The third-order valence-corrected chi connectivity index (χ3v) is 8.54. The summed E-state index contributed by atoms with van der Waals surface area (Å²) < 4.78 is 27.8. The van der Waals surface area contributed by atoms with Gasteiger partial charge in [-0.1, -0.05) is 18.2 Å². The minimum atomic E-state index is -3.51. The molecule has 1 N–H and O–H groups in total. The molecule has 1 aliphatic carbocycles. The van der Waals surface area contributed by atoms with Gasteiger partial charge in [-0.3, -0.25) is 4.79 Å². The van der Waals surface area contributed by atoms with Crippen LogP contribution in [0.3, 0.4) is 0 Å². The van der Waals surface area contributed by atoms with E-state index in [4.69, 9.17) is 0 Å². The maximum atomic E-state index is 13.1. The van der Waals surface area contributed by atoms with E-state index >= 15 is 0 Å². The fourth-order valence-corrected chi connectivity index (χ4v) is 6.02. The maximum Gasteiger partial charge on any atom is 0.243 e. The normalized spacial score (nSPS) is 18.1. The Morgan fingerprint density at radius 2 is 1.70 bits per heavy atom. The van der Waals surface area contributed by atoms with Crippen LogP contribution in [0.25, 0.3) is 0 Å². The molecule has 0 aromatic heterocycles. The Bertz CT molecular complexity index is 1050.